The summed E-state index contributed by atoms with van der Waals surface area (Å²) in [5.74, 6) is 0.152. The first-order chi connectivity index (χ1) is 11.5. The zero-order valence-electron chi connectivity index (χ0n) is 14.5. The third-order valence-electron chi connectivity index (χ3n) is 5.30. The first kappa shape index (κ1) is 17.0. The molecule has 1 heterocycles. The van der Waals surface area contributed by atoms with E-state index in [2.05, 4.69) is 23.3 Å². The molecule has 0 radical (unpaired) electrons. The lowest BCUT2D eigenvalue weighted by molar-refractivity contribution is -0.146. The minimum atomic E-state index is -0.492. The molecule has 1 saturated carbocycles. The highest BCUT2D eigenvalue weighted by atomic mass is 16.5. The molecule has 0 aromatic heterocycles. The van der Waals surface area contributed by atoms with Crippen LogP contribution in [0.3, 0.4) is 0 Å². The number of benzene rings is 1. The van der Waals surface area contributed by atoms with Gasteiger partial charge in [-0.15, -0.1) is 0 Å². The zero-order valence-corrected chi connectivity index (χ0v) is 14.5. The van der Waals surface area contributed by atoms with Gasteiger partial charge in [0.1, 0.15) is 0 Å². The highest BCUT2D eigenvalue weighted by Gasteiger charge is 2.51. The normalized spacial score (nSPS) is 22.7. The van der Waals surface area contributed by atoms with Gasteiger partial charge in [-0.2, -0.15) is 0 Å². The van der Waals surface area contributed by atoms with Crippen LogP contribution in [0.25, 0.3) is 0 Å². The molecule has 1 aromatic rings. The van der Waals surface area contributed by atoms with E-state index in [1.54, 1.807) is 0 Å². The molecule has 0 spiro atoms. The summed E-state index contributed by atoms with van der Waals surface area (Å²) in [6.07, 6.45) is 3.93. The quantitative estimate of drug-likeness (QED) is 0.841. The smallest absolute Gasteiger partial charge is 0.313 e. The highest BCUT2D eigenvalue weighted by molar-refractivity contribution is 5.95. The second-order valence-corrected chi connectivity index (χ2v) is 7.18. The number of likely N-dealkylation sites (N-methyl/N-ethyl adjacent to an activating group) is 1. The standard InChI is InChI=1S/C19H26N2O3/c1-21-10-4-7-16(12-21)14-5-3-6-15(11-14)17(22)20-13-19(8-9-19)18(23)24-2/h3,5-6,11,16H,4,7-10,12-13H2,1-2H3,(H,20,22)/t16-/m1/s1. The Hall–Kier alpha value is -1.88. The van der Waals surface area contributed by atoms with Gasteiger partial charge in [0.25, 0.3) is 5.91 Å². The van der Waals surface area contributed by atoms with E-state index >= 15 is 0 Å². The number of hydrogen-bond donors (Lipinski definition) is 1. The topological polar surface area (TPSA) is 58.6 Å². The second-order valence-electron chi connectivity index (χ2n) is 7.18. The minimum absolute atomic E-state index is 0.115. The monoisotopic (exact) mass is 330 g/mol. The molecule has 1 aromatic carbocycles. The number of nitrogens with zero attached hydrogens (tertiary/aromatic N) is 1. The molecule has 1 aliphatic heterocycles. The number of amides is 1. The van der Waals surface area contributed by atoms with Crippen LogP contribution in [0.2, 0.25) is 0 Å². The molecule has 1 saturated heterocycles. The number of likely N-dealkylation sites (tertiary alicyclic amines) is 1. The maximum absolute atomic E-state index is 12.5. The number of nitrogens with one attached hydrogen (secondary N) is 1. The van der Waals surface area contributed by atoms with E-state index in [4.69, 9.17) is 4.74 Å². The van der Waals surface area contributed by atoms with E-state index < -0.39 is 5.41 Å². The van der Waals surface area contributed by atoms with Crippen LogP contribution < -0.4 is 5.32 Å². The molecule has 1 aliphatic carbocycles. The Labute approximate surface area is 143 Å². The molecule has 0 unspecified atom stereocenters. The second kappa shape index (κ2) is 6.93. The number of piperidine rings is 1. The summed E-state index contributed by atoms with van der Waals surface area (Å²) < 4.78 is 4.83. The van der Waals surface area contributed by atoms with Gasteiger partial charge in [0, 0.05) is 18.7 Å². The third-order valence-corrected chi connectivity index (χ3v) is 5.30. The van der Waals surface area contributed by atoms with Crippen molar-refractivity contribution in [1.82, 2.24) is 10.2 Å². The highest BCUT2D eigenvalue weighted by Crippen LogP contribution is 2.46. The molecule has 130 valence electrons. The summed E-state index contributed by atoms with van der Waals surface area (Å²) in [5.41, 5.74) is 1.40. The number of carbonyl (C=O) groups is 2. The molecule has 1 amide bonds. The average Bonchev–Trinajstić information content (AvgIpc) is 3.40. The lowest BCUT2D eigenvalue weighted by Gasteiger charge is -2.30. The van der Waals surface area contributed by atoms with Crippen molar-refractivity contribution >= 4 is 11.9 Å². The SMILES string of the molecule is COC(=O)C1(CNC(=O)c2cccc([C@@H]3CCCN(C)C3)c2)CC1. The first-order valence-corrected chi connectivity index (χ1v) is 8.69. The zero-order chi connectivity index (χ0) is 17.2. The van der Waals surface area contributed by atoms with Crippen LogP contribution in [0, 0.1) is 5.41 Å². The number of hydrogen-bond acceptors (Lipinski definition) is 4. The molecule has 2 fully saturated rings. The fourth-order valence-corrected chi connectivity index (χ4v) is 3.54. The molecule has 1 N–H and O–H groups in total. The van der Waals surface area contributed by atoms with Crippen molar-refractivity contribution in [1.29, 1.82) is 0 Å². The van der Waals surface area contributed by atoms with Gasteiger partial charge >= 0.3 is 5.97 Å². The fourth-order valence-electron chi connectivity index (χ4n) is 3.54. The number of esters is 1. The summed E-state index contributed by atoms with van der Waals surface area (Å²) in [6.45, 7) is 2.54. The van der Waals surface area contributed by atoms with Crippen molar-refractivity contribution in [2.45, 2.75) is 31.6 Å². The van der Waals surface area contributed by atoms with E-state index in [1.165, 1.54) is 25.5 Å². The van der Waals surface area contributed by atoms with Crippen molar-refractivity contribution < 1.29 is 14.3 Å². The van der Waals surface area contributed by atoms with Crippen molar-refractivity contribution in [3.05, 3.63) is 35.4 Å². The third kappa shape index (κ3) is 3.61. The van der Waals surface area contributed by atoms with Gasteiger partial charge in [0.15, 0.2) is 0 Å². The van der Waals surface area contributed by atoms with Crippen molar-refractivity contribution in [2.75, 3.05) is 33.8 Å². The lowest BCUT2D eigenvalue weighted by atomic mass is 9.90. The largest absolute Gasteiger partial charge is 0.469 e. The maximum Gasteiger partial charge on any atom is 0.313 e. The molecule has 2 aliphatic rings. The predicted octanol–water partition coefficient (Wildman–Crippen LogP) is 2.18. The maximum atomic E-state index is 12.5. The molecule has 5 nitrogen and oxygen atoms in total. The van der Waals surface area contributed by atoms with Gasteiger partial charge in [-0.3, -0.25) is 9.59 Å². The number of ether oxygens (including phenoxy) is 1. The Balaban J connectivity index is 1.63. The summed E-state index contributed by atoms with van der Waals surface area (Å²) >= 11 is 0. The van der Waals surface area contributed by atoms with Gasteiger partial charge in [-0.05, 0) is 62.9 Å². The minimum Gasteiger partial charge on any atom is -0.469 e. The van der Waals surface area contributed by atoms with Gasteiger partial charge in [0.05, 0.1) is 12.5 Å². The van der Waals surface area contributed by atoms with Crippen LogP contribution in [-0.4, -0.2) is 50.6 Å². The van der Waals surface area contributed by atoms with Crippen LogP contribution >= 0.6 is 0 Å². The van der Waals surface area contributed by atoms with E-state index in [1.807, 2.05) is 18.2 Å². The van der Waals surface area contributed by atoms with Gasteiger partial charge < -0.3 is 15.0 Å². The van der Waals surface area contributed by atoms with Crippen molar-refractivity contribution in [3.63, 3.8) is 0 Å². The van der Waals surface area contributed by atoms with Crippen molar-refractivity contribution in [3.8, 4) is 0 Å². The summed E-state index contributed by atoms with van der Waals surface area (Å²) in [7, 11) is 3.54. The van der Waals surface area contributed by atoms with Gasteiger partial charge in [0.2, 0.25) is 0 Å². The van der Waals surface area contributed by atoms with Gasteiger partial charge in [-0.25, -0.2) is 0 Å². The van der Waals surface area contributed by atoms with Crippen LogP contribution in [0.1, 0.15) is 47.5 Å². The van der Waals surface area contributed by atoms with Crippen molar-refractivity contribution in [2.24, 2.45) is 5.41 Å². The molecule has 3 rings (SSSR count). The summed E-state index contributed by atoms with van der Waals surface area (Å²) in [6, 6.07) is 7.89. The Morgan fingerprint density at radius 2 is 2.17 bits per heavy atom. The molecule has 24 heavy (non-hydrogen) atoms. The van der Waals surface area contributed by atoms with E-state index in [-0.39, 0.29) is 11.9 Å². The number of carbonyl (C=O) groups excluding carboxylic acids is 2. The average molecular weight is 330 g/mol. The summed E-state index contributed by atoms with van der Waals surface area (Å²) in [5, 5.41) is 2.91. The first-order valence-electron chi connectivity index (χ1n) is 8.69. The van der Waals surface area contributed by atoms with E-state index in [0.717, 1.165) is 25.9 Å². The predicted molar refractivity (Wildman–Crippen MR) is 91.9 cm³/mol. The van der Waals surface area contributed by atoms with Crippen LogP contribution in [0.4, 0.5) is 0 Å². The molecule has 0 bridgehead atoms. The molecule has 1 atom stereocenters. The molecule has 5 heteroatoms. The van der Waals surface area contributed by atoms with Crippen LogP contribution in [-0.2, 0) is 9.53 Å². The molecular formula is C19H26N2O3. The molecular weight excluding hydrogens is 304 g/mol. The Morgan fingerprint density at radius 1 is 1.38 bits per heavy atom. The van der Waals surface area contributed by atoms with Crippen LogP contribution in [0.5, 0.6) is 0 Å². The Bertz CT molecular complexity index is 625. The van der Waals surface area contributed by atoms with Crippen LogP contribution in [0.15, 0.2) is 24.3 Å². The number of methoxy groups -OCH3 is 1. The van der Waals surface area contributed by atoms with Gasteiger partial charge in [-0.1, -0.05) is 12.1 Å². The lowest BCUT2D eigenvalue weighted by Crippen LogP contribution is -2.35. The number of rotatable bonds is 5. The van der Waals surface area contributed by atoms with E-state index in [9.17, 15) is 9.59 Å². The van der Waals surface area contributed by atoms with E-state index in [0.29, 0.717) is 18.0 Å². The summed E-state index contributed by atoms with van der Waals surface area (Å²) in [4.78, 5) is 26.6. The Morgan fingerprint density at radius 3 is 2.83 bits per heavy atom. The fraction of sp³-hybridized carbons (Fsp3) is 0.579. The Kier molecular flexibility index (Phi) is 4.90.